The molecule has 2 aromatic heterocycles. The van der Waals surface area contributed by atoms with Crippen molar-refractivity contribution in [1.29, 1.82) is 0 Å². The maximum atomic E-state index is 13.6. The van der Waals surface area contributed by atoms with Gasteiger partial charge in [-0.1, -0.05) is 66.2 Å². The number of piperidine rings is 1. The molecule has 13 heteroatoms. The van der Waals surface area contributed by atoms with Crippen LogP contribution in [0.4, 0.5) is 11.5 Å². The number of anilines is 2. The van der Waals surface area contributed by atoms with Crippen molar-refractivity contribution in [3.8, 4) is 11.5 Å². The minimum absolute atomic E-state index is 0.0343. The predicted molar refractivity (Wildman–Crippen MR) is 215 cm³/mol. The molecule has 6 rings (SSSR count). The number of rotatable bonds is 17. The zero-order chi connectivity index (χ0) is 38.2. The van der Waals surface area contributed by atoms with Gasteiger partial charge in [0.25, 0.3) is 5.56 Å². The van der Waals surface area contributed by atoms with E-state index in [1.165, 1.54) is 4.57 Å². The highest BCUT2D eigenvalue weighted by atomic mass is 79.9. The van der Waals surface area contributed by atoms with Gasteiger partial charge in [-0.2, -0.15) is 0 Å². The van der Waals surface area contributed by atoms with Gasteiger partial charge in [-0.3, -0.25) is 24.3 Å². The van der Waals surface area contributed by atoms with Crippen LogP contribution in [0.15, 0.2) is 63.9 Å². The van der Waals surface area contributed by atoms with E-state index < -0.39 is 11.9 Å². The normalized spacial score (nSPS) is 14.9. The Balaban J connectivity index is 0.940. The van der Waals surface area contributed by atoms with Crippen LogP contribution in [0.25, 0.3) is 21.8 Å². The molecular weight excluding hydrogens is 750 g/mol. The number of methoxy groups -OCH3 is 1. The average Bonchev–Trinajstić information content (AvgIpc) is 3.14. The fourth-order valence-electron chi connectivity index (χ4n) is 7.01. The molecule has 2 amide bonds. The van der Waals surface area contributed by atoms with Crippen LogP contribution < -0.4 is 31.0 Å². The number of hydrogen-bond acceptors (Lipinski definition) is 10. The number of unbranched alkanes of at least 4 members (excludes halogenated alkanes) is 6. The van der Waals surface area contributed by atoms with Gasteiger partial charge in [-0.25, -0.2) is 15.0 Å². The number of aromatic nitrogens is 4. The topological polar surface area (TPSA) is 149 Å². The molecule has 2 atom stereocenters. The summed E-state index contributed by atoms with van der Waals surface area (Å²) < 4.78 is 14.4. The lowest BCUT2D eigenvalue weighted by atomic mass is 10.1. The van der Waals surface area contributed by atoms with E-state index in [0.29, 0.717) is 46.3 Å². The van der Waals surface area contributed by atoms with E-state index in [4.69, 9.17) is 19.4 Å². The third-order valence-corrected chi connectivity index (χ3v) is 10.3. The maximum Gasteiger partial charge on any atom is 0.264 e. The van der Waals surface area contributed by atoms with E-state index >= 15 is 0 Å². The molecule has 1 aliphatic rings. The number of benzene rings is 3. The van der Waals surface area contributed by atoms with Gasteiger partial charge < -0.3 is 20.1 Å². The monoisotopic (exact) mass is 797 g/mol. The Bertz CT molecular complexity index is 2210. The first-order valence-corrected chi connectivity index (χ1v) is 19.5. The SMILES string of the molecule is COc1cc2c(N[C@H](C)c3cccc(Br)c3)nc(C)nc2cc1OCCCCCCCCCNc1cccc2nc(C)n(C3CCC(=O)NC3=O)c(=O)c12. The first kappa shape index (κ1) is 38.7. The Morgan fingerprint density at radius 1 is 0.907 bits per heavy atom. The first-order valence-electron chi connectivity index (χ1n) is 18.7. The second kappa shape index (κ2) is 17.9. The number of carbonyl (C=O) groups is 2. The number of amides is 2. The molecule has 0 aliphatic carbocycles. The molecule has 284 valence electrons. The minimum atomic E-state index is -0.748. The summed E-state index contributed by atoms with van der Waals surface area (Å²) in [4.78, 5) is 51.9. The Morgan fingerprint density at radius 2 is 1.67 bits per heavy atom. The van der Waals surface area contributed by atoms with Crippen LogP contribution in [-0.4, -0.2) is 51.6 Å². The van der Waals surface area contributed by atoms with Crippen LogP contribution in [0.2, 0.25) is 0 Å². The Morgan fingerprint density at radius 3 is 2.43 bits per heavy atom. The van der Waals surface area contributed by atoms with Gasteiger partial charge in [-0.05, 0) is 75.9 Å². The van der Waals surface area contributed by atoms with Gasteiger partial charge in [-0.15, -0.1) is 0 Å². The van der Waals surface area contributed by atoms with Gasteiger partial charge in [0.1, 0.15) is 23.5 Å². The quantitative estimate of drug-likeness (QED) is 0.0623. The number of carbonyl (C=O) groups excluding carboxylic acids is 2. The van der Waals surface area contributed by atoms with Gasteiger partial charge in [0.05, 0.1) is 36.2 Å². The second-order valence-electron chi connectivity index (χ2n) is 13.8. The van der Waals surface area contributed by atoms with Gasteiger partial charge in [0.2, 0.25) is 11.8 Å². The van der Waals surface area contributed by atoms with Crippen molar-refractivity contribution >= 4 is 61.1 Å². The third-order valence-electron chi connectivity index (χ3n) is 9.82. The molecule has 3 aromatic carbocycles. The summed E-state index contributed by atoms with van der Waals surface area (Å²) >= 11 is 3.56. The van der Waals surface area contributed by atoms with Crippen LogP contribution in [-0.2, 0) is 9.59 Å². The molecule has 1 unspecified atom stereocenters. The molecule has 1 saturated heterocycles. The van der Waals surface area contributed by atoms with E-state index in [1.807, 2.05) is 49.4 Å². The number of fused-ring (bicyclic) bond motifs is 2. The molecule has 12 nitrogen and oxygen atoms in total. The lowest BCUT2D eigenvalue weighted by Crippen LogP contribution is -2.45. The van der Waals surface area contributed by atoms with Crippen molar-refractivity contribution in [2.75, 3.05) is 30.9 Å². The number of nitrogens with one attached hydrogen (secondary N) is 3. The molecule has 0 saturated carbocycles. The van der Waals surface area contributed by atoms with Crippen molar-refractivity contribution < 1.29 is 19.1 Å². The Labute approximate surface area is 323 Å². The molecular formula is C41H48BrN7O5. The van der Waals surface area contributed by atoms with Crippen molar-refractivity contribution in [2.24, 2.45) is 0 Å². The molecule has 5 aromatic rings. The Kier molecular flexibility index (Phi) is 12.8. The Hall–Kier alpha value is -5.04. The molecule has 1 fully saturated rings. The highest BCUT2D eigenvalue weighted by molar-refractivity contribution is 9.10. The standard InChI is InChI=1S/C41H48BrN7O5/c1-25(28-14-12-15-29(42)22-28)44-39-30-23-35(53-4)36(24-33(30)45-26(2)46-39)54-21-11-9-7-5-6-8-10-20-43-31-16-13-17-32-38(31)41(52)49(27(3)47-32)34-18-19-37(50)48-40(34)51/h12-17,22-25,34,43H,5-11,18-21H2,1-4H3,(H,44,45,46)(H,48,50,51)/t25-,34?/m1/s1. The molecule has 0 bridgehead atoms. The molecule has 54 heavy (non-hydrogen) atoms. The van der Waals surface area contributed by atoms with E-state index in [9.17, 15) is 14.4 Å². The zero-order valence-electron chi connectivity index (χ0n) is 31.3. The summed E-state index contributed by atoms with van der Waals surface area (Å²) in [7, 11) is 1.65. The number of imide groups is 1. The largest absolute Gasteiger partial charge is 0.493 e. The van der Waals surface area contributed by atoms with Crippen LogP contribution >= 0.6 is 15.9 Å². The van der Waals surface area contributed by atoms with Crippen LogP contribution in [0.1, 0.15) is 94.0 Å². The van der Waals surface area contributed by atoms with Crippen molar-refractivity contribution in [2.45, 2.75) is 90.6 Å². The smallest absolute Gasteiger partial charge is 0.264 e. The lowest BCUT2D eigenvalue weighted by Gasteiger charge is -2.24. The number of hydrogen-bond donors (Lipinski definition) is 3. The summed E-state index contributed by atoms with van der Waals surface area (Å²) in [5, 5.41) is 10.7. The minimum Gasteiger partial charge on any atom is -0.493 e. The first-order chi connectivity index (χ1) is 26.1. The van der Waals surface area contributed by atoms with Crippen LogP contribution in [0.5, 0.6) is 11.5 Å². The van der Waals surface area contributed by atoms with Gasteiger partial charge in [0.15, 0.2) is 11.5 Å². The highest BCUT2D eigenvalue weighted by Crippen LogP contribution is 2.36. The summed E-state index contributed by atoms with van der Waals surface area (Å²) in [6, 6.07) is 17.0. The molecule has 3 N–H and O–H groups in total. The molecule has 1 aliphatic heterocycles. The highest BCUT2D eigenvalue weighted by Gasteiger charge is 2.31. The molecule has 0 spiro atoms. The fourth-order valence-corrected chi connectivity index (χ4v) is 7.43. The fraction of sp³-hybridized carbons (Fsp3) is 0.415. The summed E-state index contributed by atoms with van der Waals surface area (Å²) in [6.07, 6.45) is 7.89. The van der Waals surface area contributed by atoms with Crippen LogP contribution in [0, 0.1) is 13.8 Å². The summed E-state index contributed by atoms with van der Waals surface area (Å²) in [6.45, 7) is 7.03. The van der Waals surface area contributed by atoms with Gasteiger partial charge in [0, 0.05) is 34.6 Å². The third kappa shape index (κ3) is 9.18. The van der Waals surface area contributed by atoms with E-state index in [2.05, 4.69) is 55.9 Å². The number of nitrogens with zero attached hydrogens (tertiary/aromatic N) is 4. The van der Waals surface area contributed by atoms with Crippen LogP contribution in [0.3, 0.4) is 0 Å². The average molecular weight is 799 g/mol. The van der Waals surface area contributed by atoms with Gasteiger partial charge >= 0.3 is 0 Å². The van der Waals surface area contributed by atoms with Crippen molar-refractivity contribution in [3.05, 3.63) is 86.6 Å². The number of aryl methyl sites for hydroxylation is 2. The summed E-state index contributed by atoms with van der Waals surface area (Å²) in [5.74, 6) is 2.43. The van der Waals surface area contributed by atoms with E-state index in [-0.39, 0.29) is 30.3 Å². The predicted octanol–water partition coefficient (Wildman–Crippen LogP) is 8.10. The van der Waals surface area contributed by atoms with Crippen molar-refractivity contribution in [3.63, 3.8) is 0 Å². The van der Waals surface area contributed by atoms with E-state index in [0.717, 1.165) is 78.2 Å². The molecule has 3 heterocycles. The van der Waals surface area contributed by atoms with E-state index in [1.54, 1.807) is 14.0 Å². The molecule has 0 radical (unpaired) electrons. The number of halogens is 1. The second-order valence-corrected chi connectivity index (χ2v) is 14.7. The lowest BCUT2D eigenvalue weighted by molar-refractivity contribution is -0.135. The maximum absolute atomic E-state index is 13.6. The number of ether oxygens (including phenoxy) is 2. The summed E-state index contributed by atoms with van der Waals surface area (Å²) in [5.41, 5.74) is 2.97. The zero-order valence-corrected chi connectivity index (χ0v) is 32.9. The van der Waals surface area contributed by atoms with Crippen molar-refractivity contribution in [1.82, 2.24) is 24.8 Å².